The molecule has 4 nitrogen and oxygen atoms in total. The van der Waals surface area contributed by atoms with Gasteiger partial charge in [-0.25, -0.2) is 0 Å². The number of aryl methyl sites for hydroxylation is 1. The summed E-state index contributed by atoms with van der Waals surface area (Å²) in [6, 6.07) is 18.4. The molecule has 0 spiro atoms. The Morgan fingerprint density at radius 3 is 2.52 bits per heavy atom. The first-order chi connectivity index (χ1) is 13.1. The Morgan fingerprint density at radius 2 is 1.78 bits per heavy atom. The normalized spacial score (nSPS) is 19.4. The van der Waals surface area contributed by atoms with E-state index in [2.05, 4.69) is 30.4 Å². The lowest BCUT2D eigenvalue weighted by molar-refractivity contribution is -0.135. The van der Waals surface area contributed by atoms with Gasteiger partial charge in [-0.3, -0.25) is 9.59 Å². The number of hydrogen-bond donors (Lipinski definition) is 1. The van der Waals surface area contributed by atoms with Gasteiger partial charge in [-0.15, -0.1) is 0 Å². The Hall–Kier alpha value is -2.62. The number of amides is 2. The van der Waals surface area contributed by atoms with Crippen molar-refractivity contribution in [1.29, 1.82) is 0 Å². The third-order valence-electron chi connectivity index (χ3n) is 5.79. The average molecular weight is 362 g/mol. The van der Waals surface area contributed by atoms with Crippen LogP contribution >= 0.6 is 0 Å². The van der Waals surface area contributed by atoms with Crippen molar-refractivity contribution in [2.75, 3.05) is 11.4 Å². The SMILES string of the molecule is CC1Cc2ccccc2N1C(=O)C1(C(=O)NCCCc2ccccc2)CC1. The van der Waals surface area contributed by atoms with Crippen LogP contribution in [0.4, 0.5) is 5.69 Å². The summed E-state index contributed by atoms with van der Waals surface area (Å²) < 4.78 is 0. The van der Waals surface area contributed by atoms with Gasteiger partial charge in [-0.1, -0.05) is 48.5 Å². The molecule has 0 radical (unpaired) electrons. The van der Waals surface area contributed by atoms with E-state index in [-0.39, 0.29) is 17.9 Å². The maximum absolute atomic E-state index is 13.3. The highest BCUT2D eigenvalue weighted by atomic mass is 16.2. The molecule has 1 atom stereocenters. The topological polar surface area (TPSA) is 49.4 Å². The number of carbonyl (C=O) groups excluding carboxylic acids is 2. The van der Waals surface area contributed by atoms with Gasteiger partial charge < -0.3 is 10.2 Å². The van der Waals surface area contributed by atoms with E-state index < -0.39 is 5.41 Å². The molecule has 27 heavy (non-hydrogen) atoms. The molecule has 1 saturated carbocycles. The second-order valence-corrected chi connectivity index (χ2v) is 7.78. The van der Waals surface area contributed by atoms with E-state index in [1.807, 2.05) is 41.3 Å². The number of anilines is 1. The highest BCUT2D eigenvalue weighted by molar-refractivity contribution is 6.14. The quantitative estimate of drug-likeness (QED) is 0.632. The molecule has 0 bridgehead atoms. The zero-order chi connectivity index (χ0) is 18.9. The standard InChI is InChI=1S/C23H26N2O2/c1-17-16-19-11-5-6-12-20(19)25(17)22(27)23(13-14-23)21(26)24-15-7-10-18-8-3-2-4-9-18/h2-6,8-9,11-12,17H,7,10,13-16H2,1H3,(H,24,26). The monoisotopic (exact) mass is 362 g/mol. The summed E-state index contributed by atoms with van der Waals surface area (Å²) in [5.41, 5.74) is 2.58. The molecular formula is C23H26N2O2. The first-order valence-corrected chi connectivity index (χ1v) is 9.86. The van der Waals surface area contributed by atoms with E-state index in [9.17, 15) is 9.59 Å². The fraction of sp³-hybridized carbons (Fsp3) is 0.391. The number of nitrogens with zero attached hydrogens (tertiary/aromatic N) is 1. The summed E-state index contributed by atoms with van der Waals surface area (Å²) in [6.45, 7) is 2.67. The minimum atomic E-state index is -0.849. The van der Waals surface area contributed by atoms with Gasteiger partial charge in [-0.05, 0) is 56.2 Å². The Balaban J connectivity index is 1.37. The summed E-state index contributed by atoms with van der Waals surface area (Å²) in [5, 5.41) is 3.01. The molecular weight excluding hydrogens is 336 g/mol. The summed E-state index contributed by atoms with van der Waals surface area (Å²) in [6.07, 6.45) is 3.97. The van der Waals surface area contributed by atoms with E-state index in [0.29, 0.717) is 19.4 Å². The van der Waals surface area contributed by atoms with Crippen LogP contribution in [0.2, 0.25) is 0 Å². The number of hydrogen-bond acceptors (Lipinski definition) is 2. The van der Waals surface area contributed by atoms with E-state index >= 15 is 0 Å². The van der Waals surface area contributed by atoms with Crippen molar-refractivity contribution in [3.8, 4) is 0 Å². The largest absolute Gasteiger partial charge is 0.355 e. The van der Waals surface area contributed by atoms with Crippen LogP contribution in [0.5, 0.6) is 0 Å². The lowest BCUT2D eigenvalue weighted by Crippen LogP contribution is -2.47. The fourth-order valence-electron chi connectivity index (χ4n) is 4.08. The smallest absolute Gasteiger partial charge is 0.242 e. The van der Waals surface area contributed by atoms with Crippen molar-refractivity contribution < 1.29 is 9.59 Å². The van der Waals surface area contributed by atoms with Crippen LogP contribution in [0.3, 0.4) is 0 Å². The number of para-hydroxylation sites is 1. The van der Waals surface area contributed by atoms with Crippen LogP contribution in [0.25, 0.3) is 0 Å². The van der Waals surface area contributed by atoms with Crippen LogP contribution in [-0.4, -0.2) is 24.4 Å². The zero-order valence-corrected chi connectivity index (χ0v) is 15.8. The van der Waals surface area contributed by atoms with Gasteiger partial charge in [0.1, 0.15) is 5.41 Å². The number of nitrogens with one attached hydrogen (secondary N) is 1. The van der Waals surface area contributed by atoms with Gasteiger partial charge in [0.05, 0.1) is 0 Å². The highest BCUT2D eigenvalue weighted by Gasteiger charge is 2.59. The molecule has 4 rings (SSSR count). The van der Waals surface area contributed by atoms with E-state index in [0.717, 1.165) is 24.9 Å². The van der Waals surface area contributed by atoms with Crippen molar-refractivity contribution in [1.82, 2.24) is 5.32 Å². The molecule has 2 amide bonds. The van der Waals surface area contributed by atoms with Crippen LogP contribution in [0.15, 0.2) is 54.6 Å². The third-order valence-corrected chi connectivity index (χ3v) is 5.79. The van der Waals surface area contributed by atoms with Crippen molar-refractivity contribution in [2.45, 2.75) is 45.1 Å². The predicted octanol–water partition coefficient (Wildman–Crippen LogP) is 3.49. The summed E-state index contributed by atoms with van der Waals surface area (Å²) in [5.74, 6) is -0.127. The maximum atomic E-state index is 13.3. The van der Waals surface area contributed by atoms with E-state index in [1.165, 1.54) is 11.1 Å². The summed E-state index contributed by atoms with van der Waals surface area (Å²) >= 11 is 0. The maximum Gasteiger partial charge on any atom is 0.242 e. The number of fused-ring (bicyclic) bond motifs is 1. The fourth-order valence-corrected chi connectivity index (χ4v) is 4.08. The molecule has 2 aliphatic rings. The molecule has 2 aromatic rings. The Morgan fingerprint density at radius 1 is 1.07 bits per heavy atom. The molecule has 4 heteroatoms. The van der Waals surface area contributed by atoms with Gasteiger partial charge >= 0.3 is 0 Å². The van der Waals surface area contributed by atoms with Crippen molar-refractivity contribution >= 4 is 17.5 Å². The first kappa shape index (κ1) is 17.8. The predicted molar refractivity (Wildman–Crippen MR) is 107 cm³/mol. The highest BCUT2D eigenvalue weighted by Crippen LogP contribution is 2.49. The molecule has 1 unspecified atom stereocenters. The number of carbonyl (C=O) groups is 2. The van der Waals surface area contributed by atoms with Crippen molar-refractivity contribution in [2.24, 2.45) is 5.41 Å². The summed E-state index contributed by atoms with van der Waals surface area (Å²) in [7, 11) is 0. The number of benzene rings is 2. The summed E-state index contributed by atoms with van der Waals surface area (Å²) in [4.78, 5) is 27.9. The molecule has 1 fully saturated rings. The molecule has 1 aliphatic carbocycles. The van der Waals surface area contributed by atoms with Crippen molar-refractivity contribution in [3.05, 3.63) is 65.7 Å². The van der Waals surface area contributed by atoms with Crippen LogP contribution in [0.1, 0.15) is 37.3 Å². The lowest BCUT2D eigenvalue weighted by Gasteiger charge is -2.27. The second-order valence-electron chi connectivity index (χ2n) is 7.78. The molecule has 1 N–H and O–H groups in total. The lowest BCUT2D eigenvalue weighted by atomic mass is 10.0. The van der Waals surface area contributed by atoms with Gasteiger partial charge in [0.25, 0.3) is 0 Å². The molecule has 1 aliphatic heterocycles. The van der Waals surface area contributed by atoms with E-state index in [1.54, 1.807) is 0 Å². The van der Waals surface area contributed by atoms with E-state index in [4.69, 9.17) is 0 Å². The Kier molecular flexibility index (Phi) is 4.73. The molecule has 1 heterocycles. The zero-order valence-electron chi connectivity index (χ0n) is 15.8. The number of rotatable bonds is 6. The minimum Gasteiger partial charge on any atom is -0.355 e. The van der Waals surface area contributed by atoms with Crippen LogP contribution < -0.4 is 10.2 Å². The van der Waals surface area contributed by atoms with Gasteiger partial charge in [0.15, 0.2) is 0 Å². The molecule has 140 valence electrons. The molecule has 0 aromatic heterocycles. The molecule has 2 aromatic carbocycles. The third kappa shape index (κ3) is 3.36. The van der Waals surface area contributed by atoms with Crippen LogP contribution in [-0.2, 0) is 22.4 Å². The van der Waals surface area contributed by atoms with Crippen molar-refractivity contribution in [3.63, 3.8) is 0 Å². The first-order valence-electron chi connectivity index (χ1n) is 9.86. The van der Waals surface area contributed by atoms with Crippen LogP contribution in [0, 0.1) is 5.41 Å². The van der Waals surface area contributed by atoms with Gasteiger partial charge in [0, 0.05) is 18.3 Å². The average Bonchev–Trinajstić information content (AvgIpc) is 3.43. The van der Waals surface area contributed by atoms with Gasteiger partial charge in [0.2, 0.25) is 11.8 Å². The Bertz CT molecular complexity index is 842. The van der Waals surface area contributed by atoms with Gasteiger partial charge in [-0.2, -0.15) is 0 Å². The minimum absolute atomic E-state index is 0.0273. The Labute approximate surface area is 160 Å². The second kappa shape index (κ2) is 7.18. The molecule has 0 saturated heterocycles.